The van der Waals surface area contributed by atoms with Gasteiger partial charge in [-0.3, -0.25) is 0 Å². The summed E-state index contributed by atoms with van der Waals surface area (Å²) in [7, 11) is 1.53. The van der Waals surface area contributed by atoms with Crippen molar-refractivity contribution in [3.8, 4) is 11.5 Å². The molecule has 1 fully saturated rings. The van der Waals surface area contributed by atoms with Crippen LogP contribution in [-0.4, -0.2) is 18.8 Å². The van der Waals surface area contributed by atoms with Crippen LogP contribution in [0.15, 0.2) is 16.6 Å². The van der Waals surface area contributed by atoms with E-state index < -0.39 is 0 Å². The standard InChI is InChI=1S/C11H14BrNO3/c1-15-9-5-7(4-8(12)10(9)14)11(2-3-11)6-16-13/h4-5,14H,2-3,6,13H2,1H3. The molecule has 1 aliphatic carbocycles. The maximum Gasteiger partial charge on any atom is 0.172 e. The number of nitrogens with two attached hydrogens (primary N) is 1. The molecule has 5 heteroatoms. The molecule has 0 heterocycles. The summed E-state index contributed by atoms with van der Waals surface area (Å²) in [6.07, 6.45) is 2.09. The predicted octanol–water partition coefficient (Wildman–Crippen LogP) is 2.09. The predicted molar refractivity (Wildman–Crippen MR) is 63.4 cm³/mol. The number of methoxy groups -OCH3 is 1. The highest BCUT2D eigenvalue weighted by atomic mass is 79.9. The van der Waals surface area contributed by atoms with Crippen molar-refractivity contribution < 1.29 is 14.7 Å². The third kappa shape index (κ3) is 1.90. The molecule has 0 spiro atoms. The number of rotatable bonds is 4. The van der Waals surface area contributed by atoms with Gasteiger partial charge in [0.05, 0.1) is 18.2 Å². The molecule has 88 valence electrons. The van der Waals surface area contributed by atoms with Crippen molar-refractivity contribution >= 4 is 15.9 Å². The molecule has 1 aromatic carbocycles. The van der Waals surface area contributed by atoms with Gasteiger partial charge in [0.1, 0.15) is 0 Å². The van der Waals surface area contributed by atoms with Gasteiger partial charge in [-0.2, -0.15) is 0 Å². The van der Waals surface area contributed by atoms with Crippen LogP contribution in [0.4, 0.5) is 0 Å². The molecule has 0 atom stereocenters. The second-order valence-electron chi connectivity index (χ2n) is 4.10. The molecule has 0 unspecified atom stereocenters. The van der Waals surface area contributed by atoms with E-state index in [1.807, 2.05) is 12.1 Å². The molecular formula is C11H14BrNO3. The Morgan fingerprint density at radius 3 is 2.69 bits per heavy atom. The van der Waals surface area contributed by atoms with Gasteiger partial charge in [0.15, 0.2) is 11.5 Å². The molecule has 0 amide bonds. The van der Waals surface area contributed by atoms with E-state index in [4.69, 9.17) is 15.5 Å². The lowest BCUT2D eigenvalue weighted by Crippen LogP contribution is -2.18. The molecule has 16 heavy (non-hydrogen) atoms. The van der Waals surface area contributed by atoms with Gasteiger partial charge in [-0.1, -0.05) is 0 Å². The average Bonchev–Trinajstić information content (AvgIpc) is 3.03. The number of phenolic OH excluding ortho intramolecular Hbond substituents is 1. The second-order valence-corrected chi connectivity index (χ2v) is 4.95. The fourth-order valence-electron chi connectivity index (χ4n) is 1.86. The Morgan fingerprint density at radius 1 is 1.50 bits per heavy atom. The van der Waals surface area contributed by atoms with Gasteiger partial charge in [-0.25, -0.2) is 5.90 Å². The van der Waals surface area contributed by atoms with Crippen molar-refractivity contribution in [3.63, 3.8) is 0 Å². The Labute approximate surface area is 102 Å². The zero-order valence-corrected chi connectivity index (χ0v) is 10.6. The van der Waals surface area contributed by atoms with Crippen LogP contribution >= 0.6 is 15.9 Å². The molecule has 4 nitrogen and oxygen atoms in total. The smallest absolute Gasteiger partial charge is 0.172 e. The maximum absolute atomic E-state index is 9.71. The van der Waals surface area contributed by atoms with Crippen molar-refractivity contribution in [2.45, 2.75) is 18.3 Å². The van der Waals surface area contributed by atoms with Gasteiger partial charge in [0, 0.05) is 5.41 Å². The summed E-state index contributed by atoms with van der Waals surface area (Å²) >= 11 is 3.31. The average molecular weight is 288 g/mol. The quantitative estimate of drug-likeness (QED) is 0.833. The zero-order valence-electron chi connectivity index (χ0n) is 9.00. The molecular weight excluding hydrogens is 274 g/mol. The summed E-state index contributed by atoms with van der Waals surface area (Å²) in [6.45, 7) is 0.493. The Kier molecular flexibility index (Phi) is 3.10. The maximum atomic E-state index is 9.71. The van der Waals surface area contributed by atoms with Crippen LogP contribution in [0, 0.1) is 0 Å². The number of hydrogen-bond acceptors (Lipinski definition) is 4. The van der Waals surface area contributed by atoms with Crippen LogP contribution in [0.3, 0.4) is 0 Å². The van der Waals surface area contributed by atoms with Crippen LogP contribution in [0.25, 0.3) is 0 Å². The van der Waals surface area contributed by atoms with Gasteiger partial charge >= 0.3 is 0 Å². The van der Waals surface area contributed by atoms with Crippen LogP contribution in [0.1, 0.15) is 18.4 Å². The summed E-state index contributed by atoms with van der Waals surface area (Å²) in [6, 6.07) is 3.73. The van der Waals surface area contributed by atoms with E-state index in [0.717, 1.165) is 18.4 Å². The van der Waals surface area contributed by atoms with Gasteiger partial charge in [-0.05, 0) is 46.5 Å². The molecule has 0 aliphatic heterocycles. The van der Waals surface area contributed by atoms with Crippen molar-refractivity contribution in [1.29, 1.82) is 0 Å². The van der Waals surface area contributed by atoms with E-state index in [1.54, 1.807) is 0 Å². The summed E-state index contributed by atoms with van der Waals surface area (Å²) in [4.78, 5) is 4.75. The summed E-state index contributed by atoms with van der Waals surface area (Å²) in [5.41, 5.74) is 1.08. The summed E-state index contributed by atoms with van der Waals surface area (Å²) < 4.78 is 5.75. The normalized spacial score (nSPS) is 17.2. The van der Waals surface area contributed by atoms with Gasteiger partial charge in [0.2, 0.25) is 0 Å². The molecule has 1 saturated carbocycles. The van der Waals surface area contributed by atoms with E-state index >= 15 is 0 Å². The van der Waals surface area contributed by atoms with Crippen molar-refractivity contribution in [1.82, 2.24) is 0 Å². The van der Waals surface area contributed by atoms with Gasteiger partial charge < -0.3 is 14.7 Å². The molecule has 0 radical (unpaired) electrons. The fraction of sp³-hybridized carbons (Fsp3) is 0.455. The second kappa shape index (κ2) is 4.24. The minimum atomic E-state index is -0.00174. The van der Waals surface area contributed by atoms with Crippen LogP contribution in [0.5, 0.6) is 11.5 Å². The first-order chi connectivity index (χ1) is 7.63. The molecule has 3 N–H and O–H groups in total. The third-order valence-corrected chi connectivity index (χ3v) is 3.68. The van der Waals surface area contributed by atoms with Crippen molar-refractivity contribution in [2.24, 2.45) is 5.90 Å². The first-order valence-corrected chi connectivity index (χ1v) is 5.81. The Hall–Kier alpha value is -0.780. The van der Waals surface area contributed by atoms with E-state index in [0.29, 0.717) is 16.8 Å². The molecule has 0 bridgehead atoms. The Balaban J connectivity index is 2.39. The highest BCUT2D eigenvalue weighted by Gasteiger charge is 2.45. The monoisotopic (exact) mass is 287 g/mol. The number of aromatic hydroxyl groups is 1. The minimum absolute atomic E-state index is 0.00174. The Morgan fingerprint density at radius 2 is 2.19 bits per heavy atom. The summed E-state index contributed by atoms with van der Waals surface area (Å²) in [5.74, 6) is 5.72. The summed E-state index contributed by atoms with van der Waals surface area (Å²) in [5, 5.41) is 9.71. The van der Waals surface area contributed by atoms with Crippen LogP contribution in [-0.2, 0) is 10.3 Å². The van der Waals surface area contributed by atoms with E-state index in [-0.39, 0.29) is 11.2 Å². The largest absolute Gasteiger partial charge is 0.503 e. The van der Waals surface area contributed by atoms with E-state index in [2.05, 4.69) is 15.9 Å². The fourth-order valence-corrected chi connectivity index (χ4v) is 2.30. The highest BCUT2D eigenvalue weighted by molar-refractivity contribution is 9.10. The van der Waals surface area contributed by atoms with Gasteiger partial charge in [-0.15, -0.1) is 0 Å². The lowest BCUT2D eigenvalue weighted by Gasteiger charge is -2.16. The molecule has 0 aromatic heterocycles. The van der Waals surface area contributed by atoms with E-state index in [1.165, 1.54) is 7.11 Å². The third-order valence-electron chi connectivity index (χ3n) is 3.07. The van der Waals surface area contributed by atoms with Crippen molar-refractivity contribution in [2.75, 3.05) is 13.7 Å². The molecule has 1 aromatic rings. The molecule has 2 rings (SSSR count). The van der Waals surface area contributed by atoms with Crippen LogP contribution < -0.4 is 10.6 Å². The number of hydrogen-bond donors (Lipinski definition) is 2. The minimum Gasteiger partial charge on any atom is -0.503 e. The first-order valence-electron chi connectivity index (χ1n) is 5.01. The van der Waals surface area contributed by atoms with E-state index in [9.17, 15) is 5.11 Å². The first kappa shape index (κ1) is 11.7. The molecule has 0 saturated heterocycles. The topological polar surface area (TPSA) is 64.7 Å². The van der Waals surface area contributed by atoms with Crippen molar-refractivity contribution in [3.05, 3.63) is 22.2 Å². The molecule has 1 aliphatic rings. The number of phenols is 1. The van der Waals surface area contributed by atoms with Gasteiger partial charge in [0.25, 0.3) is 0 Å². The van der Waals surface area contributed by atoms with Crippen LogP contribution in [0.2, 0.25) is 0 Å². The highest BCUT2D eigenvalue weighted by Crippen LogP contribution is 2.51. The SMILES string of the molecule is COc1cc(C2(CON)CC2)cc(Br)c1O. The lowest BCUT2D eigenvalue weighted by atomic mass is 9.96. The number of benzene rings is 1. The zero-order chi connectivity index (χ0) is 11.8. The Bertz CT molecular complexity index is 404. The number of halogens is 1. The number of ether oxygens (including phenoxy) is 1. The lowest BCUT2D eigenvalue weighted by molar-refractivity contribution is 0.116.